The topological polar surface area (TPSA) is 70.3 Å². The first-order valence-corrected chi connectivity index (χ1v) is 5.86. The molecule has 0 fully saturated rings. The Balaban J connectivity index is 2.35. The number of nitrogens with zero attached hydrogens (tertiary/aromatic N) is 2. The molecule has 1 aromatic carbocycles. The molecule has 0 aliphatic rings. The lowest BCUT2D eigenvalue weighted by atomic mass is 10.1. The zero-order chi connectivity index (χ0) is 15.5. The second-order valence-electron chi connectivity index (χ2n) is 4.10. The minimum atomic E-state index is -4.75. The maximum Gasteiger partial charge on any atom is 0.573 e. The number of anilines is 1. The molecular formula is C13H12F3N3O2. The lowest BCUT2D eigenvalue weighted by Crippen LogP contribution is -2.17. The normalized spacial score (nSPS) is 11.4. The summed E-state index contributed by atoms with van der Waals surface area (Å²) in [4.78, 5) is 8.14. The molecule has 0 bridgehead atoms. The van der Waals surface area contributed by atoms with E-state index in [0.29, 0.717) is 17.1 Å². The van der Waals surface area contributed by atoms with Crippen molar-refractivity contribution >= 4 is 5.82 Å². The fraction of sp³-hybridized carbons (Fsp3) is 0.231. The van der Waals surface area contributed by atoms with Crippen molar-refractivity contribution in [2.75, 3.05) is 12.8 Å². The van der Waals surface area contributed by atoms with Gasteiger partial charge in [-0.25, -0.2) is 9.97 Å². The summed E-state index contributed by atoms with van der Waals surface area (Å²) in [5.41, 5.74) is 6.47. The molecular weight excluding hydrogens is 287 g/mol. The highest BCUT2D eigenvalue weighted by molar-refractivity contribution is 5.63. The van der Waals surface area contributed by atoms with Gasteiger partial charge in [-0.15, -0.1) is 13.2 Å². The van der Waals surface area contributed by atoms with Gasteiger partial charge in [-0.1, -0.05) is 12.1 Å². The van der Waals surface area contributed by atoms with Crippen LogP contribution >= 0.6 is 0 Å². The maximum atomic E-state index is 12.2. The van der Waals surface area contributed by atoms with Crippen LogP contribution < -0.4 is 10.5 Å². The summed E-state index contributed by atoms with van der Waals surface area (Å²) in [6.45, 7) is 0.150. The van der Waals surface area contributed by atoms with E-state index >= 15 is 0 Å². The van der Waals surface area contributed by atoms with E-state index in [0.717, 1.165) is 0 Å². The van der Waals surface area contributed by atoms with Crippen LogP contribution in [0.25, 0.3) is 11.3 Å². The molecule has 0 saturated heterocycles. The summed E-state index contributed by atoms with van der Waals surface area (Å²) >= 11 is 0. The number of rotatable bonds is 4. The molecule has 0 atom stereocenters. The fourth-order valence-corrected chi connectivity index (χ4v) is 1.71. The molecule has 21 heavy (non-hydrogen) atoms. The van der Waals surface area contributed by atoms with E-state index < -0.39 is 6.36 Å². The van der Waals surface area contributed by atoms with E-state index in [1.165, 1.54) is 31.4 Å². The van der Waals surface area contributed by atoms with Crippen LogP contribution in [0.15, 0.2) is 30.3 Å². The summed E-state index contributed by atoms with van der Waals surface area (Å²) < 4.78 is 45.4. The highest BCUT2D eigenvalue weighted by Crippen LogP contribution is 2.27. The average Bonchev–Trinajstić information content (AvgIpc) is 2.36. The largest absolute Gasteiger partial charge is 0.573 e. The van der Waals surface area contributed by atoms with Crippen molar-refractivity contribution in [3.05, 3.63) is 36.2 Å². The molecule has 0 spiro atoms. The highest BCUT2D eigenvalue weighted by Gasteiger charge is 2.31. The van der Waals surface area contributed by atoms with Crippen LogP contribution in [0.2, 0.25) is 0 Å². The van der Waals surface area contributed by atoms with Crippen molar-refractivity contribution in [1.82, 2.24) is 9.97 Å². The molecule has 0 radical (unpaired) electrons. The molecule has 2 N–H and O–H groups in total. The van der Waals surface area contributed by atoms with Gasteiger partial charge in [-0.2, -0.15) is 0 Å². The molecule has 0 unspecified atom stereocenters. The van der Waals surface area contributed by atoms with Crippen molar-refractivity contribution < 1.29 is 22.6 Å². The molecule has 0 aliphatic carbocycles. The van der Waals surface area contributed by atoms with Gasteiger partial charge < -0.3 is 15.2 Å². The van der Waals surface area contributed by atoms with Crippen molar-refractivity contribution in [1.29, 1.82) is 0 Å². The van der Waals surface area contributed by atoms with Gasteiger partial charge >= 0.3 is 6.36 Å². The Morgan fingerprint density at radius 1 is 1.19 bits per heavy atom. The third-order valence-electron chi connectivity index (χ3n) is 2.43. The van der Waals surface area contributed by atoms with E-state index in [2.05, 4.69) is 14.7 Å². The number of nitrogens with two attached hydrogens (primary N) is 1. The lowest BCUT2D eigenvalue weighted by molar-refractivity contribution is -0.274. The van der Waals surface area contributed by atoms with Crippen molar-refractivity contribution in [3.63, 3.8) is 0 Å². The van der Waals surface area contributed by atoms with Gasteiger partial charge in [0.15, 0.2) is 5.82 Å². The molecule has 0 saturated carbocycles. The van der Waals surface area contributed by atoms with E-state index in [4.69, 9.17) is 10.5 Å². The van der Waals surface area contributed by atoms with Crippen molar-refractivity contribution in [2.45, 2.75) is 13.0 Å². The molecule has 0 amide bonds. The summed E-state index contributed by atoms with van der Waals surface area (Å²) in [6.07, 6.45) is -4.75. The first-order valence-electron chi connectivity index (χ1n) is 5.86. The average molecular weight is 299 g/mol. The van der Waals surface area contributed by atoms with Crippen LogP contribution in [0.5, 0.6) is 5.75 Å². The Hall–Kier alpha value is -2.35. The quantitative estimate of drug-likeness (QED) is 0.940. The lowest BCUT2D eigenvalue weighted by Gasteiger charge is -2.10. The maximum absolute atomic E-state index is 12.2. The molecule has 5 nitrogen and oxygen atoms in total. The third-order valence-corrected chi connectivity index (χ3v) is 2.43. The number of methoxy groups -OCH3 is 1. The SMILES string of the molecule is COCc1nc(N)cc(-c2cccc(OC(F)(F)F)c2)n1. The second kappa shape index (κ2) is 5.96. The van der Waals surface area contributed by atoms with Crippen LogP contribution in [0.4, 0.5) is 19.0 Å². The number of benzene rings is 1. The van der Waals surface area contributed by atoms with Gasteiger partial charge in [0.1, 0.15) is 18.2 Å². The van der Waals surface area contributed by atoms with Gasteiger partial charge in [0.25, 0.3) is 0 Å². The van der Waals surface area contributed by atoms with Crippen molar-refractivity contribution in [2.24, 2.45) is 0 Å². The zero-order valence-corrected chi connectivity index (χ0v) is 11.0. The third kappa shape index (κ3) is 4.32. The van der Waals surface area contributed by atoms with Crippen LogP contribution in [0.1, 0.15) is 5.82 Å². The van der Waals surface area contributed by atoms with E-state index in [-0.39, 0.29) is 18.2 Å². The summed E-state index contributed by atoms with van der Waals surface area (Å²) in [6, 6.07) is 6.93. The summed E-state index contributed by atoms with van der Waals surface area (Å²) in [5.74, 6) is 0.217. The number of alkyl halides is 3. The Morgan fingerprint density at radius 3 is 2.62 bits per heavy atom. The van der Waals surface area contributed by atoms with Crippen LogP contribution in [-0.4, -0.2) is 23.4 Å². The Kier molecular flexibility index (Phi) is 4.27. The highest BCUT2D eigenvalue weighted by atomic mass is 19.4. The molecule has 0 aliphatic heterocycles. The predicted octanol–water partition coefficient (Wildman–Crippen LogP) is 2.77. The Labute approximate surface area is 118 Å². The van der Waals surface area contributed by atoms with E-state index in [1.807, 2.05) is 0 Å². The van der Waals surface area contributed by atoms with Gasteiger partial charge in [-0.3, -0.25) is 0 Å². The molecule has 2 rings (SSSR count). The minimum Gasteiger partial charge on any atom is -0.406 e. The zero-order valence-electron chi connectivity index (χ0n) is 11.0. The van der Waals surface area contributed by atoms with E-state index in [9.17, 15) is 13.2 Å². The van der Waals surface area contributed by atoms with Crippen LogP contribution in [0, 0.1) is 0 Å². The monoisotopic (exact) mass is 299 g/mol. The molecule has 2 aromatic rings. The second-order valence-corrected chi connectivity index (χ2v) is 4.10. The van der Waals surface area contributed by atoms with E-state index in [1.54, 1.807) is 6.07 Å². The number of ether oxygens (including phenoxy) is 2. The standard InChI is InChI=1S/C13H12F3N3O2/c1-20-7-12-18-10(6-11(17)19-12)8-3-2-4-9(5-8)21-13(14,15)16/h2-6H,7H2,1H3,(H2,17,18,19). The number of halogens is 3. The van der Waals surface area contributed by atoms with Crippen LogP contribution in [-0.2, 0) is 11.3 Å². The summed E-state index contributed by atoms with van der Waals surface area (Å²) in [7, 11) is 1.48. The number of nitrogen functional groups attached to an aromatic ring is 1. The van der Waals surface area contributed by atoms with Crippen molar-refractivity contribution in [3.8, 4) is 17.0 Å². The number of aromatic nitrogens is 2. The van der Waals surface area contributed by atoms with Gasteiger partial charge in [0, 0.05) is 18.7 Å². The minimum absolute atomic E-state index is 0.150. The Morgan fingerprint density at radius 2 is 1.95 bits per heavy atom. The smallest absolute Gasteiger partial charge is 0.406 e. The predicted molar refractivity (Wildman–Crippen MR) is 69.3 cm³/mol. The van der Waals surface area contributed by atoms with Crippen LogP contribution in [0.3, 0.4) is 0 Å². The first kappa shape index (κ1) is 15.0. The molecule has 1 heterocycles. The Bertz CT molecular complexity index is 632. The first-order chi connectivity index (χ1) is 9.87. The van der Waals surface area contributed by atoms with Gasteiger partial charge in [0.05, 0.1) is 5.69 Å². The fourth-order valence-electron chi connectivity index (χ4n) is 1.71. The van der Waals surface area contributed by atoms with Gasteiger partial charge in [0.2, 0.25) is 0 Å². The molecule has 1 aromatic heterocycles. The van der Waals surface area contributed by atoms with Gasteiger partial charge in [-0.05, 0) is 12.1 Å². The number of hydrogen-bond acceptors (Lipinski definition) is 5. The molecule has 112 valence electrons. The molecule has 8 heteroatoms. The number of hydrogen-bond donors (Lipinski definition) is 1. The summed E-state index contributed by atoms with van der Waals surface area (Å²) in [5, 5.41) is 0.